The van der Waals surface area contributed by atoms with Crippen molar-refractivity contribution < 1.29 is 19.4 Å². The summed E-state index contributed by atoms with van der Waals surface area (Å²) in [6, 6.07) is -0.0921. The first-order valence-electron chi connectivity index (χ1n) is 13.2. The van der Waals surface area contributed by atoms with Crippen molar-refractivity contribution in [3.63, 3.8) is 0 Å². The molecule has 4 N–H and O–H groups in total. The third-order valence-electron chi connectivity index (χ3n) is 6.53. The summed E-state index contributed by atoms with van der Waals surface area (Å²) in [5, 5.41) is 16.0. The molecule has 1 atom stereocenters. The van der Waals surface area contributed by atoms with Gasteiger partial charge in [-0.3, -0.25) is 0 Å². The molecule has 0 saturated heterocycles. The lowest BCUT2D eigenvalue weighted by Crippen LogP contribution is -2.38. The van der Waals surface area contributed by atoms with Gasteiger partial charge in [0.05, 0.1) is 5.57 Å². The van der Waals surface area contributed by atoms with Crippen LogP contribution in [0.4, 0.5) is 0 Å². The smallest absolute Gasteiger partial charge is 0.337 e. The van der Waals surface area contributed by atoms with Crippen LogP contribution in [-0.2, 0) is 14.3 Å². The molecule has 0 aromatic rings. The molecule has 1 unspecified atom stereocenters. The van der Waals surface area contributed by atoms with Crippen molar-refractivity contribution in [1.29, 1.82) is 5.41 Å². The molecule has 0 bridgehead atoms. The number of rotatable bonds is 5. The van der Waals surface area contributed by atoms with Crippen LogP contribution in [0.15, 0.2) is 98.0 Å². The van der Waals surface area contributed by atoms with Gasteiger partial charge in [-0.25, -0.2) is 9.79 Å². The first kappa shape index (κ1) is 30.7. The molecule has 0 spiro atoms. The number of hydrogen-bond acceptors (Lipinski definition) is 8. The first-order valence-corrected chi connectivity index (χ1v) is 13.6. The normalized spacial score (nSPS) is 20.4. The highest BCUT2D eigenvalue weighted by molar-refractivity contribution is 6.32. The summed E-state index contributed by atoms with van der Waals surface area (Å²) in [7, 11) is 0. The summed E-state index contributed by atoms with van der Waals surface area (Å²) in [6.07, 6.45) is 9.88. The molecule has 4 aliphatic heterocycles. The fraction of sp³-hybridized carbons (Fsp3) is 0.367. The van der Waals surface area contributed by atoms with Crippen LogP contribution < -0.4 is 5.73 Å². The van der Waals surface area contributed by atoms with Crippen molar-refractivity contribution in [2.45, 2.75) is 54.0 Å². The summed E-state index contributed by atoms with van der Waals surface area (Å²) in [5.41, 5.74) is 11.8. The molecule has 214 valence electrons. The Labute approximate surface area is 241 Å². The Morgan fingerprint density at radius 3 is 2.60 bits per heavy atom. The van der Waals surface area contributed by atoms with Crippen molar-refractivity contribution in [3.8, 4) is 0 Å². The summed E-state index contributed by atoms with van der Waals surface area (Å²) < 4.78 is 11.2. The molecular weight excluding hydrogens is 530 g/mol. The van der Waals surface area contributed by atoms with E-state index in [9.17, 15) is 4.79 Å². The van der Waals surface area contributed by atoms with Gasteiger partial charge in [-0.05, 0) is 51.0 Å². The molecule has 0 saturated carbocycles. The summed E-state index contributed by atoms with van der Waals surface area (Å²) >= 11 is 5.57. The van der Waals surface area contributed by atoms with Crippen LogP contribution in [0.3, 0.4) is 0 Å². The summed E-state index contributed by atoms with van der Waals surface area (Å²) in [5.74, 6) is 2.60. The highest BCUT2D eigenvalue weighted by Crippen LogP contribution is 2.42. The minimum atomic E-state index is -1.14. The van der Waals surface area contributed by atoms with Crippen LogP contribution in [0.25, 0.3) is 0 Å². The van der Waals surface area contributed by atoms with Gasteiger partial charge in [0.25, 0.3) is 0 Å². The largest absolute Gasteiger partial charge is 0.478 e. The van der Waals surface area contributed by atoms with E-state index in [0.717, 1.165) is 59.5 Å². The molecule has 0 radical (unpaired) electrons. The van der Waals surface area contributed by atoms with Crippen molar-refractivity contribution >= 4 is 29.1 Å². The van der Waals surface area contributed by atoms with Crippen molar-refractivity contribution in [2.24, 2.45) is 10.7 Å². The predicted octanol–water partition coefficient (Wildman–Crippen LogP) is 5.68. The van der Waals surface area contributed by atoms with Crippen molar-refractivity contribution in [2.75, 3.05) is 19.9 Å². The number of fused-ring (bicyclic) bond motifs is 2. The number of carboxylic acid groups (broad SMARTS) is 1. The topological polar surface area (TPSA) is 124 Å². The third-order valence-corrected chi connectivity index (χ3v) is 6.86. The SMILES string of the molecule is C/C=C(Cl)\C=C(/C(C)=N)C(=O)O.C=C1C=C(N2CC3=C(C2)C2=C(C3)OCO2)N=C2C(C(C)N)=CC(C)=CN12.CC. The van der Waals surface area contributed by atoms with E-state index in [-0.39, 0.29) is 17.3 Å². The molecule has 5 aliphatic rings. The van der Waals surface area contributed by atoms with E-state index < -0.39 is 5.97 Å². The molecule has 10 heteroatoms. The van der Waals surface area contributed by atoms with E-state index in [0.29, 0.717) is 11.8 Å². The Bertz CT molecular complexity index is 1340. The second-order valence-corrected chi connectivity index (χ2v) is 9.93. The molecule has 0 aromatic heterocycles. The van der Waals surface area contributed by atoms with E-state index in [1.807, 2.05) is 31.7 Å². The number of carboxylic acids is 1. The summed E-state index contributed by atoms with van der Waals surface area (Å²) in [4.78, 5) is 19.7. The number of hydrogen-bond donors (Lipinski definition) is 3. The maximum absolute atomic E-state index is 10.5. The lowest BCUT2D eigenvalue weighted by molar-refractivity contribution is -0.132. The molecule has 4 heterocycles. The van der Waals surface area contributed by atoms with Gasteiger partial charge in [0.1, 0.15) is 17.4 Å². The molecule has 0 aromatic carbocycles. The van der Waals surface area contributed by atoms with Gasteiger partial charge in [-0.15, -0.1) is 0 Å². The molecule has 0 fully saturated rings. The maximum atomic E-state index is 10.5. The van der Waals surface area contributed by atoms with Crippen molar-refractivity contribution in [3.05, 3.63) is 93.0 Å². The van der Waals surface area contributed by atoms with Crippen LogP contribution in [0.1, 0.15) is 48.0 Å². The minimum absolute atomic E-state index is 0.0116. The number of amidine groups is 1. The van der Waals surface area contributed by atoms with E-state index in [1.165, 1.54) is 24.1 Å². The fourth-order valence-electron chi connectivity index (χ4n) is 4.62. The van der Waals surface area contributed by atoms with Crippen LogP contribution in [0, 0.1) is 5.41 Å². The maximum Gasteiger partial charge on any atom is 0.337 e. The zero-order valence-electron chi connectivity index (χ0n) is 24.0. The van der Waals surface area contributed by atoms with Crippen molar-refractivity contribution in [1.82, 2.24) is 9.80 Å². The quantitative estimate of drug-likeness (QED) is 0.221. The van der Waals surface area contributed by atoms with Gasteiger partial charge in [0.2, 0.25) is 6.79 Å². The average molecular weight is 568 g/mol. The van der Waals surface area contributed by atoms with E-state index in [2.05, 4.69) is 30.7 Å². The molecule has 1 aliphatic carbocycles. The second-order valence-electron chi connectivity index (χ2n) is 9.50. The number of halogens is 1. The number of ether oxygens (including phenoxy) is 2. The fourth-order valence-corrected chi connectivity index (χ4v) is 4.73. The number of carbonyl (C=O) groups is 1. The van der Waals surface area contributed by atoms with E-state index >= 15 is 0 Å². The number of aliphatic imine (C=N–C) groups is 1. The molecule has 9 nitrogen and oxygen atoms in total. The summed E-state index contributed by atoms with van der Waals surface area (Å²) in [6.45, 7) is 17.4. The predicted molar refractivity (Wildman–Crippen MR) is 159 cm³/mol. The molecule has 0 amide bonds. The van der Waals surface area contributed by atoms with Gasteiger partial charge < -0.3 is 35.5 Å². The number of allylic oxidation sites excluding steroid dienone is 7. The van der Waals surface area contributed by atoms with Gasteiger partial charge >= 0.3 is 5.97 Å². The minimum Gasteiger partial charge on any atom is -0.478 e. The zero-order chi connectivity index (χ0) is 29.7. The van der Waals surface area contributed by atoms with Crippen LogP contribution in [0.5, 0.6) is 0 Å². The van der Waals surface area contributed by atoms with Gasteiger partial charge in [0.15, 0.2) is 5.76 Å². The molecule has 5 rings (SSSR count). The van der Waals surface area contributed by atoms with Crippen LogP contribution >= 0.6 is 11.6 Å². The molecule has 40 heavy (non-hydrogen) atoms. The zero-order valence-corrected chi connectivity index (χ0v) is 24.7. The Kier molecular flexibility index (Phi) is 10.0. The Balaban J connectivity index is 0.000000269. The Morgan fingerprint density at radius 2 is 2.00 bits per heavy atom. The van der Waals surface area contributed by atoms with E-state index in [4.69, 9.17) is 42.3 Å². The number of nitrogens with one attached hydrogen (secondary N) is 1. The Hall–Kier alpha value is -3.82. The van der Waals surface area contributed by atoms with Gasteiger partial charge in [0, 0.05) is 65.4 Å². The molecular formula is C30H38ClN5O4. The van der Waals surface area contributed by atoms with Crippen LogP contribution in [-0.4, -0.2) is 58.3 Å². The monoisotopic (exact) mass is 567 g/mol. The Morgan fingerprint density at radius 1 is 1.30 bits per heavy atom. The lowest BCUT2D eigenvalue weighted by Gasteiger charge is -2.35. The second kappa shape index (κ2) is 13.0. The number of nitrogens with two attached hydrogens (primary N) is 1. The van der Waals surface area contributed by atoms with Crippen LogP contribution in [0.2, 0.25) is 0 Å². The first-order chi connectivity index (χ1) is 19.0. The highest BCUT2D eigenvalue weighted by atomic mass is 35.5. The van der Waals surface area contributed by atoms with Gasteiger partial charge in [-0.2, -0.15) is 0 Å². The highest BCUT2D eigenvalue weighted by Gasteiger charge is 2.38. The van der Waals surface area contributed by atoms with E-state index in [1.54, 1.807) is 13.0 Å². The van der Waals surface area contributed by atoms with Gasteiger partial charge in [-0.1, -0.05) is 38.1 Å². The number of aliphatic carboxylic acids is 1. The average Bonchev–Trinajstić information content (AvgIpc) is 3.61. The number of nitrogens with zero attached hydrogens (tertiary/aromatic N) is 3. The third kappa shape index (κ3) is 6.48. The standard InChI is InChI=1S/C20H22N4O2.C8H10ClNO2.C2H6/c1-11-4-15(13(3)21)20-22-18(5-12(2)24(20)7-11)23-8-14-6-17-19(16(14)9-23)26-10-25-17;1-3-6(9)4-7(5(2)10)8(11)12;1-2/h4-5,7,13H,2,6,8-10,21H2,1,3H3;3-4,10H,1-2H3,(H,11,12);1-2H3/b;6-3+,7-4+,10-5?;. The lowest BCUT2D eigenvalue weighted by atomic mass is 10.00.